The smallest absolute Gasteiger partial charge is 0.317 e. The molecule has 1 aliphatic rings. The first-order valence-corrected chi connectivity index (χ1v) is 10.5. The summed E-state index contributed by atoms with van der Waals surface area (Å²) in [7, 11) is 1.86. The number of aryl methyl sites for hydroxylation is 1. The number of hydrogen-bond acceptors (Lipinski definition) is 2. The molecule has 2 aromatic carbocycles. The Morgan fingerprint density at radius 2 is 1.79 bits per heavy atom. The molecule has 0 saturated carbocycles. The second-order valence-electron chi connectivity index (χ2n) is 7.90. The lowest BCUT2D eigenvalue weighted by molar-refractivity contribution is 0.204. The lowest BCUT2D eigenvalue weighted by atomic mass is 10.1. The molecular weight excluding hydrogens is 346 g/mol. The minimum absolute atomic E-state index is 0.0160. The molecule has 1 N–H and O–H groups in total. The van der Waals surface area contributed by atoms with Gasteiger partial charge in [0, 0.05) is 33.2 Å². The highest BCUT2D eigenvalue weighted by molar-refractivity contribution is 5.73. The van der Waals surface area contributed by atoms with E-state index in [-0.39, 0.29) is 6.03 Å². The Morgan fingerprint density at radius 1 is 1.07 bits per heavy atom. The van der Waals surface area contributed by atoms with Crippen molar-refractivity contribution in [1.29, 1.82) is 0 Å². The van der Waals surface area contributed by atoms with Crippen LogP contribution in [0.3, 0.4) is 0 Å². The lowest BCUT2D eigenvalue weighted by Gasteiger charge is -2.20. The first-order chi connectivity index (χ1) is 13.6. The van der Waals surface area contributed by atoms with Crippen molar-refractivity contribution in [2.75, 3.05) is 33.2 Å². The highest BCUT2D eigenvalue weighted by atomic mass is 16.2. The van der Waals surface area contributed by atoms with Gasteiger partial charge >= 0.3 is 6.03 Å². The van der Waals surface area contributed by atoms with Crippen LogP contribution in [0.15, 0.2) is 54.6 Å². The summed E-state index contributed by atoms with van der Waals surface area (Å²) in [4.78, 5) is 16.7. The van der Waals surface area contributed by atoms with Crippen molar-refractivity contribution in [3.8, 4) is 0 Å². The summed E-state index contributed by atoms with van der Waals surface area (Å²) in [6, 6.07) is 19.2. The van der Waals surface area contributed by atoms with E-state index in [0.717, 1.165) is 45.4 Å². The topological polar surface area (TPSA) is 35.6 Å². The highest BCUT2D eigenvalue weighted by Crippen LogP contribution is 2.16. The molecule has 0 bridgehead atoms. The summed E-state index contributed by atoms with van der Waals surface area (Å²) in [5, 5.41) is 3.12. The second kappa shape index (κ2) is 10.3. The number of rotatable bonds is 8. The number of benzene rings is 2. The van der Waals surface area contributed by atoms with Crippen LogP contribution < -0.4 is 5.32 Å². The third kappa shape index (κ3) is 6.10. The van der Waals surface area contributed by atoms with Gasteiger partial charge in [-0.05, 0) is 48.4 Å². The maximum absolute atomic E-state index is 12.4. The van der Waals surface area contributed by atoms with E-state index in [2.05, 4.69) is 71.7 Å². The lowest BCUT2D eigenvalue weighted by Crippen LogP contribution is -2.39. The van der Waals surface area contributed by atoms with Gasteiger partial charge in [-0.25, -0.2) is 4.79 Å². The van der Waals surface area contributed by atoms with Crippen molar-refractivity contribution >= 4 is 6.03 Å². The van der Waals surface area contributed by atoms with Crippen LogP contribution in [-0.2, 0) is 19.4 Å². The van der Waals surface area contributed by atoms with E-state index < -0.39 is 0 Å². The molecule has 2 amide bonds. The first kappa shape index (κ1) is 20.4. The van der Waals surface area contributed by atoms with Gasteiger partial charge < -0.3 is 15.1 Å². The minimum Gasteiger partial charge on any atom is -0.338 e. The van der Waals surface area contributed by atoms with E-state index in [4.69, 9.17) is 0 Å². The van der Waals surface area contributed by atoms with E-state index in [1.165, 1.54) is 16.7 Å². The summed E-state index contributed by atoms with van der Waals surface area (Å²) in [6.45, 7) is 6.87. The number of nitrogens with zero attached hydrogens (tertiary/aromatic N) is 2. The maximum Gasteiger partial charge on any atom is 0.317 e. The third-order valence-electron chi connectivity index (χ3n) is 5.67. The van der Waals surface area contributed by atoms with Crippen molar-refractivity contribution in [1.82, 2.24) is 15.1 Å². The monoisotopic (exact) mass is 379 g/mol. The zero-order valence-electron chi connectivity index (χ0n) is 17.2. The molecule has 0 aliphatic carbocycles. The zero-order valence-corrected chi connectivity index (χ0v) is 17.2. The fourth-order valence-corrected chi connectivity index (χ4v) is 3.81. The van der Waals surface area contributed by atoms with Gasteiger partial charge in [0.25, 0.3) is 0 Å². The van der Waals surface area contributed by atoms with Crippen molar-refractivity contribution < 1.29 is 4.79 Å². The molecule has 3 rings (SSSR count). The molecule has 0 radical (unpaired) electrons. The van der Waals surface area contributed by atoms with Crippen LogP contribution in [0.2, 0.25) is 0 Å². The number of hydrogen-bond donors (Lipinski definition) is 1. The van der Waals surface area contributed by atoms with E-state index in [1.807, 2.05) is 7.05 Å². The molecule has 1 unspecified atom stereocenters. The van der Waals surface area contributed by atoms with Crippen molar-refractivity contribution in [2.24, 2.45) is 5.92 Å². The van der Waals surface area contributed by atoms with E-state index >= 15 is 0 Å². The zero-order chi connectivity index (χ0) is 19.8. The molecule has 150 valence electrons. The summed E-state index contributed by atoms with van der Waals surface area (Å²) in [5.41, 5.74) is 3.89. The van der Waals surface area contributed by atoms with E-state index in [1.54, 1.807) is 4.90 Å². The molecule has 1 saturated heterocycles. The van der Waals surface area contributed by atoms with Crippen molar-refractivity contribution in [3.63, 3.8) is 0 Å². The van der Waals surface area contributed by atoms with Crippen LogP contribution in [0.1, 0.15) is 30.0 Å². The Bertz CT molecular complexity index is 729. The summed E-state index contributed by atoms with van der Waals surface area (Å²) in [6.07, 6.45) is 3.30. The number of urea groups is 1. The molecule has 1 fully saturated rings. The van der Waals surface area contributed by atoms with Crippen LogP contribution in [0, 0.1) is 5.92 Å². The number of carbonyl (C=O) groups is 1. The fraction of sp³-hybridized carbons (Fsp3) is 0.458. The highest BCUT2D eigenvalue weighted by Gasteiger charge is 2.23. The van der Waals surface area contributed by atoms with Crippen LogP contribution in [-0.4, -0.2) is 49.1 Å². The molecule has 2 aromatic rings. The van der Waals surface area contributed by atoms with Gasteiger partial charge in [-0.15, -0.1) is 0 Å². The van der Waals surface area contributed by atoms with Crippen LogP contribution in [0.4, 0.5) is 4.79 Å². The molecule has 0 aromatic heterocycles. The Labute approximate surface area is 169 Å². The van der Waals surface area contributed by atoms with Gasteiger partial charge in [0.1, 0.15) is 0 Å². The van der Waals surface area contributed by atoms with E-state index in [9.17, 15) is 4.79 Å². The fourth-order valence-electron chi connectivity index (χ4n) is 3.81. The number of nitrogens with one attached hydrogen (secondary N) is 1. The predicted octanol–water partition coefficient (Wildman–Crippen LogP) is 3.96. The Hall–Kier alpha value is -2.33. The van der Waals surface area contributed by atoms with Gasteiger partial charge in [-0.2, -0.15) is 0 Å². The molecule has 1 aliphatic heterocycles. The molecular formula is C24H33N3O. The number of likely N-dealkylation sites (tertiary alicyclic amines) is 1. The average Bonchev–Trinajstić information content (AvgIpc) is 3.19. The molecule has 4 heteroatoms. The molecule has 4 nitrogen and oxygen atoms in total. The van der Waals surface area contributed by atoms with E-state index in [0.29, 0.717) is 12.5 Å². The number of carbonyl (C=O) groups excluding carboxylic acids is 1. The Balaban J connectivity index is 1.36. The SMILES string of the molecule is CCc1ccc(CN(C)C(=O)NCC2CCN(CCc3ccccc3)C2)cc1. The van der Waals surface area contributed by atoms with Crippen LogP contribution in [0.25, 0.3) is 0 Å². The van der Waals surface area contributed by atoms with Gasteiger partial charge in [0.15, 0.2) is 0 Å². The minimum atomic E-state index is 0.0160. The third-order valence-corrected chi connectivity index (χ3v) is 5.67. The number of amides is 2. The second-order valence-corrected chi connectivity index (χ2v) is 7.90. The average molecular weight is 380 g/mol. The summed E-state index contributed by atoms with van der Waals surface area (Å²) < 4.78 is 0. The normalized spacial score (nSPS) is 16.9. The van der Waals surface area contributed by atoms with Gasteiger partial charge in [0.2, 0.25) is 0 Å². The first-order valence-electron chi connectivity index (χ1n) is 10.5. The summed E-state index contributed by atoms with van der Waals surface area (Å²) in [5.74, 6) is 0.553. The van der Waals surface area contributed by atoms with Gasteiger partial charge in [-0.1, -0.05) is 61.5 Å². The van der Waals surface area contributed by atoms with Gasteiger partial charge in [-0.3, -0.25) is 0 Å². The largest absolute Gasteiger partial charge is 0.338 e. The molecule has 28 heavy (non-hydrogen) atoms. The summed E-state index contributed by atoms with van der Waals surface area (Å²) >= 11 is 0. The van der Waals surface area contributed by atoms with Gasteiger partial charge in [0.05, 0.1) is 0 Å². The van der Waals surface area contributed by atoms with Crippen LogP contribution in [0.5, 0.6) is 0 Å². The van der Waals surface area contributed by atoms with Crippen LogP contribution >= 0.6 is 0 Å². The maximum atomic E-state index is 12.4. The standard InChI is InChI=1S/C24H33N3O/c1-3-20-9-11-22(12-10-20)18-26(2)24(28)25-17-23-14-16-27(19-23)15-13-21-7-5-4-6-8-21/h4-12,23H,3,13-19H2,1-2H3,(H,25,28). The van der Waals surface area contributed by atoms with Crippen molar-refractivity contribution in [3.05, 3.63) is 71.3 Å². The molecule has 0 spiro atoms. The Kier molecular flexibility index (Phi) is 7.49. The predicted molar refractivity (Wildman–Crippen MR) is 115 cm³/mol. The van der Waals surface area contributed by atoms with Crippen molar-refractivity contribution in [2.45, 2.75) is 32.7 Å². The molecule has 1 heterocycles. The Morgan fingerprint density at radius 3 is 2.50 bits per heavy atom. The molecule has 1 atom stereocenters. The quantitative estimate of drug-likeness (QED) is 0.754.